The molecule has 180 valence electrons. The molecule has 1 unspecified atom stereocenters. The summed E-state index contributed by atoms with van der Waals surface area (Å²) in [4.78, 5) is 32.4. The SMILES string of the molecule is CCN(CCN(C)C)C1=C2C=C(C)SC2Nc2ccccc2N1C(=O)OC(C)(C)OC(C)=O. The maximum Gasteiger partial charge on any atom is 0.423 e. The number of benzene rings is 1. The molecule has 3 rings (SSSR count). The molecule has 0 saturated carbocycles. The Morgan fingerprint density at radius 3 is 2.52 bits per heavy atom. The molecule has 1 N–H and O–H groups in total. The number of rotatable bonds is 7. The number of hydrogen-bond acceptors (Lipinski definition) is 8. The van der Waals surface area contributed by atoms with Gasteiger partial charge in [-0.15, -0.1) is 11.8 Å². The second-order valence-corrected chi connectivity index (χ2v) is 10.1. The highest BCUT2D eigenvalue weighted by Gasteiger charge is 2.39. The Morgan fingerprint density at radius 1 is 1.18 bits per heavy atom. The first-order valence-electron chi connectivity index (χ1n) is 11.1. The number of esters is 1. The van der Waals surface area contributed by atoms with Crippen molar-refractivity contribution >= 4 is 35.2 Å². The zero-order valence-electron chi connectivity index (χ0n) is 20.5. The van der Waals surface area contributed by atoms with E-state index in [1.807, 2.05) is 38.4 Å². The maximum absolute atomic E-state index is 13.7. The first-order chi connectivity index (χ1) is 15.5. The topological polar surface area (TPSA) is 74.3 Å². The Kier molecular flexibility index (Phi) is 7.64. The lowest BCUT2D eigenvalue weighted by Crippen LogP contribution is -2.46. The van der Waals surface area contributed by atoms with Crippen LogP contribution in [0.15, 0.2) is 46.6 Å². The summed E-state index contributed by atoms with van der Waals surface area (Å²) in [5.74, 6) is -1.16. The number of ether oxygens (including phenoxy) is 2. The number of nitrogens with one attached hydrogen (secondary N) is 1. The van der Waals surface area contributed by atoms with Crippen molar-refractivity contribution in [3.8, 4) is 0 Å². The third-order valence-electron chi connectivity index (χ3n) is 5.25. The van der Waals surface area contributed by atoms with E-state index in [4.69, 9.17) is 9.47 Å². The summed E-state index contributed by atoms with van der Waals surface area (Å²) in [6.45, 7) is 10.8. The third kappa shape index (κ3) is 5.83. The minimum Gasteiger partial charge on any atom is -0.423 e. The summed E-state index contributed by atoms with van der Waals surface area (Å²) in [5, 5.41) is 3.55. The molecule has 0 aromatic heterocycles. The minimum atomic E-state index is -1.41. The average molecular weight is 475 g/mol. The maximum atomic E-state index is 13.7. The molecule has 0 fully saturated rings. The Balaban J connectivity index is 2.15. The first-order valence-corrected chi connectivity index (χ1v) is 12.0. The molecule has 1 amide bonds. The number of amides is 1. The van der Waals surface area contributed by atoms with Crippen LogP contribution in [-0.4, -0.2) is 66.8 Å². The van der Waals surface area contributed by atoms with Crippen LogP contribution < -0.4 is 10.2 Å². The molecule has 2 aliphatic heterocycles. The smallest absolute Gasteiger partial charge is 0.423 e. The van der Waals surface area contributed by atoms with Gasteiger partial charge in [-0.05, 0) is 51.1 Å². The lowest BCUT2D eigenvalue weighted by atomic mass is 10.2. The van der Waals surface area contributed by atoms with Gasteiger partial charge in [-0.2, -0.15) is 0 Å². The fraction of sp³-hybridized carbons (Fsp3) is 0.500. The molecule has 1 aromatic carbocycles. The van der Waals surface area contributed by atoms with Crippen molar-refractivity contribution in [2.45, 2.75) is 45.8 Å². The van der Waals surface area contributed by atoms with Gasteiger partial charge in [0.05, 0.1) is 11.4 Å². The van der Waals surface area contributed by atoms with E-state index in [1.165, 1.54) is 6.92 Å². The molecule has 1 aromatic rings. The van der Waals surface area contributed by atoms with Crippen molar-refractivity contribution in [3.05, 3.63) is 46.6 Å². The number of hydrogen-bond donors (Lipinski definition) is 1. The Labute approximate surface area is 200 Å². The van der Waals surface area contributed by atoms with Crippen molar-refractivity contribution < 1.29 is 19.1 Å². The highest BCUT2D eigenvalue weighted by atomic mass is 32.2. The summed E-state index contributed by atoms with van der Waals surface area (Å²) < 4.78 is 11.0. The van der Waals surface area contributed by atoms with Gasteiger partial charge in [0.2, 0.25) is 0 Å². The van der Waals surface area contributed by atoms with E-state index in [9.17, 15) is 9.59 Å². The van der Waals surface area contributed by atoms with Crippen LogP contribution in [0, 0.1) is 0 Å². The molecular formula is C24H34N4O4S. The number of para-hydroxylation sites is 2. The van der Waals surface area contributed by atoms with E-state index in [0.717, 1.165) is 35.1 Å². The lowest BCUT2D eigenvalue weighted by Gasteiger charge is -2.36. The number of fused-ring (bicyclic) bond motifs is 2. The zero-order valence-corrected chi connectivity index (χ0v) is 21.3. The molecule has 9 heteroatoms. The van der Waals surface area contributed by atoms with E-state index >= 15 is 0 Å². The van der Waals surface area contributed by atoms with Crippen LogP contribution >= 0.6 is 11.8 Å². The monoisotopic (exact) mass is 474 g/mol. The molecule has 0 bridgehead atoms. The largest absolute Gasteiger partial charge is 0.423 e. The van der Waals surface area contributed by atoms with Crippen molar-refractivity contribution in [2.24, 2.45) is 0 Å². The van der Waals surface area contributed by atoms with E-state index in [1.54, 1.807) is 30.5 Å². The van der Waals surface area contributed by atoms with Crippen molar-refractivity contribution in [1.29, 1.82) is 0 Å². The van der Waals surface area contributed by atoms with E-state index < -0.39 is 17.8 Å². The first kappa shape index (κ1) is 25.0. The fourth-order valence-corrected chi connectivity index (χ4v) is 4.96. The van der Waals surface area contributed by atoms with Gasteiger partial charge in [0, 0.05) is 46.0 Å². The van der Waals surface area contributed by atoms with Gasteiger partial charge < -0.3 is 24.6 Å². The van der Waals surface area contributed by atoms with Gasteiger partial charge in [0.1, 0.15) is 11.2 Å². The number of allylic oxidation sites excluding steroid dienone is 1. The van der Waals surface area contributed by atoms with Crippen molar-refractivity contribution in [2.75, 3.05) is 43.9 Å². The fourth-order valence-electron chi connectivity index (χ4n) is 3.91. The van der Waals surface area contributed by atoms with Crippen LogP contribution in [0.2, 0.25) is 0 Å². The molecule has 2 heterocycles. The average Bonchev–Trinajstić information content (AvgIpc) is 3.00. The van der Waals surface area contributed by atoms with Gasteiger partial charge in [-0.3, -0.25) is 4.79 Å². The minimum absolute atomic E-state index is 0.0335. The summed E-state index contributed by atoms with van der Waals surface area (Å²) >= 11 is 1.72. The summed E-state index contributed by atoms with van der Waals surface area (Å²) in [7, 11) is 4.06. The third-order valence-corrected chi connectivity index (χ3v) is 6.35. The number of nitrogens with zero attached hydrogens (tertiary/aromatic N) is 3. The highest BCUT2D eigenvalue weighted by Crippen LogP contribution is 2.45. The number of anilines is 2. The number of thioether (sulfide) groups is 1. The van der Waals surface area contributed by atoms with E-state index in [0.29, 0.717) is 12.2 Å². The second-order valence-electron chi connectivity index (χ2n) is 8.77. The lowest BCUT2D eigenvalue weighted by molar-refractivity contribution is -0.191. The summed E-state index contributed by atoms with van der Waals surface area (Å²) in [5.41, 5.74) is 2.53. The Bertz CT molecular complexity index is 973. The van der Waals surface area contributed by atoms with Gasteiger partial charge in [0.25, 0.3) is 5.79 Å². The number of likely N-dealkylation sites (N-methyl/N-ethyl adjacent to an activating group) is 2. The molecule has 0 aliphatic carbocycles. The van der Waals surface area contributed by atoms with Crippen LogP contribution in [0.5, 0.6) is 0 Å². The molecule has 2 aliphatic rings. The van der Waals surface area contributed by atoms with Crippen LogP contribution in [0.3, 0.4) is 0 Å². The van der Waals surface area contributed by atoms with Crippen LogP contribution in [0.1, 0.15) is 34.6 Å². The highest BCUT2D eigenvalue weighted by molar-refractivity contribution is 8.04. The molecule has 0 radical (unpaired) electrons. The second kappa shape index (κ2) is 10.1. The molecule has 1 atom stereocenters. The van der Waals surface area contributed by atoms with Gasteiger partial charge in [0.15, 0.2) is 0 Å². The van der Waals surface area contributed by atoms with Crippen LogP contribution in [-0.2, 0) is 14.3 Å². The normalized spacial score (nSPS) is 17.6. The Morgan fingerprint density at radius 2 is 1.88 bits per heavy atom. The predicted molar refractivity (Wildman–Crippen MR) is 133 cm³/mol. The van der Waals surface area contributed by atoms with Crippen LogP contribution in [0.25, 0.3) is 0 Å². The molecule has 33 heavy (non-hydrogen) atoms. The van der Waals surface area contributed by atoms with Crippen molar-refractivity contribution in [1.82, 2.24) is 9.80 Å². The zero-order chi connectivity index (χ0) is 24.3. The quantitative estimate of drug-likeness (QED) is 0.460. The molecule has 0 spiro atoms. The summed E-state index contributed by atoms with van der Waals surface area (Å²) in [6.07, 6.45) is 1.52. The van der Waals surface area contributed by atoms with Crippen LogP contribution in [0.4, 0.5) is 16.2 Å². The standard InChI is InChI=1S/C24H34N4O4S/c1-8-27(14-13-26(6)7)22-18-15-16(2)33-21(18)25-19-11-9-10-12-20(19)28(22)23(30)32-24(4,5)31-17(3)29/h9-12,15,21,25H,8,13-14H2,1-7H3. The molecule has 0 saturated heterocycles. The van der Waals surface area contributed by atoms with E-state index in [2.05, 4.69) is 35.0 Å². The number of carbonyl (C=O) groups is 2. The Hall–Kier alpha value is -2.65. The molecule has 8 nitrogen and oxygen atoms in total. The van der Waals surface area contributed by atoms with Gasteiger partial charge in [-0.1, -0.05) is 12.1 Å². The van der Waals surface area contributed by atoms with Gasteiger partial charge >= 0.3 is 12.1 Å². The van der Waals surface area contributed by atoms with Crippen molar-refractivity contribution in [3.63, 3.8) is 0 Å². The summed E-state index contributed by atoms with van der Waals surface area (Å²) in [6, 6.07) is 7.68. The van der Waals surface area contributed by atoms with E-state index in [-0.39, 0.29) is 5.37 Å². The predicted octanol–water partition coefficient (Wildman–Crippen LogP) is 4.43. The number of carbonyl (C=O) groups excluding carboxylic acids is 2. The molecular weight excluding hydrogens is 440 g/mol. The van der Waals surface area contributed by atoms with Gasteiger partial charge in [-0.25, -0.2) is 9.69 Å².